The van der Waals surface area contributed by atoms with E-state index in [-0.39, 0.29) is 24.2 Å². The summed E-state index contributed by atoms with van der Waals surface area (Å²) >= 11 is 1.91. The van der Waals surface area contributed by atoms with Crippen molar-refractivity contribution in [3.63, 3.8) is 0 Å². The highest BCUT2D eigenvalue weighted by molar-refractivity contribution is 7.99. The van der Waals surface area contributed by atoms with E-state index in [0.29, 0.717) is 0 Å². The van der Waals surface area contributed by atoms with Crippen LogP contribution >= 0.6 is 11.8 Å². The van der Waals surface area contributed by atoms with Gasteiger partial charge in [-0.15, -0.1) is 0 Å². The molecule has 1 atom stereocenters. The number of benzene rings is 1. The van der Waals surface area contributed by atoms with Crippen LogP contribution in [0.2, 0.25) is 0 Å². The predicted octanol–water partition coefficient (Wildman–Crippen LogP) is 3.10. The lowest BCUT2D eigenvalue weighted by Gasteiger charge is -2.37. The van der Waals surface area contributed by atoms with Crippen LogP contribution in [0, 0.1) is 6.92 Å². The predicted molar refractivity (Wildman–Crippen MR) is 94.7 cm³/mol. The van der Waals surface area contributed by atoms with Crippen LogP contribution in [0.1, 0.15) is 42.9 Å². The second kappa shape index (κ2) is 7.58. The van der Waals surface area contributed by atoms with Crippen LogP contribution in [0.3, 0.4) is 0 Å². The first-order chi connectivity index (χ1) is 11.1. The average molecular weight is 334 g/mol. The van der Waals surface area contributed by atoms with Gasteiger partial charge in [-0.05, 0) is 38.2 Å². The zero-order valence-corrected chi connectivity index (χ0v) is 14.5. The monoisotopic (exact) mass is 334 g/mol. The number of carbonyl (C=O) groups is 1. The number of nitrogens with zero attached hydrogens (tertiary/aromatic N) is 1. The summed E-state index contributed by atoms with van der Waals surface area (Å²) in [5.41, 5.74) is 2.46. The van der Waals surface area contributed by atoms with Crippen LogP contribution in [-0.4, -0.2) is 46.2 Å². The summed E-state index contributed by atoms with van der Waals surface area (Å²) in [5.74, 6) is 1.96. The quantitative estimate of drug-likeness (QED) is 0.874. The number of hydrogen-bond donors (Lipinski definition) is 2. The van der Waals surface area contributed by atoms with E-state index in [1.165, 1.54) is 11.1 Å². The average Bonchev–Trinajstić information content (AvgIpc) is 2.58. The Morgan fingerprint density at radius 2 is 1.91 bits per heavy atom. The Balaban J connectivity index is 1.65. The van der Waals surface area contributed by atoms with Crippen LogP contribution in [0.4, 0.5) is 4.79 Å². The maximum absolute atomic E-state index is 12.7. The molecule has 1 aliphatic carbocycles. The van der Waals surface area contributed by atoms with Gasteiger partial charge in [0.2, 0.25) is 0 Å². The molecule has 1 heterocycles. The molecule has 1 unspecified atom stereocenters. The highest BCUT2D eigenvalue weighted by Crippen LogP contribution is 2.30. The maximum atomic E-state index is 12.7. The van der Waals surface area contributed by atoms with E-state index in [0.717, 1.165) is 43.7 Å². The second-order valence-corrected chi connectivity index (χ2v) is 7.80. The van der Waals surface area contributed by atoms with Crippen molar-refractivity contribution in [1.82, 2.24) is 10.2 Å². The molecule has 0 bridgehead atoms. The highest BCUT2D eigenvalue weighted by atomic mass is 32.2. The van der Waals surface area contributed by atoms with Gasteiger partial charge in [-0.25, -0.2) is 4.79 Å². The maximum Gasteiger partial charge on any atom is 0.318 e. The van der Waals surface area contributed by atoms with Crippen molar-refractivity contribution in [2.45, 2.75) is 50.8 Å². The third kappa shape index (κ3) is 4.21. The Morgan fingerprint density at radius 3 is 2.61 bits per heavy atom. The molecule has 0 radical (unpaired) electrons. The Morgan fingerprint density at radius 1 is 1.22 bits per heavy atom. The number of carbonyl (C=O) groups excluding carboxylic acids is 1. The molecule has 126 valence electrons. The molecule has 23 heavy (non-hydrogen) atoms. The van der Waals surface area contributed by atoms with Gasteiger partial charge in [-0.3, -0.25) is 0 Å². The van der Waals surface area contributed by atoms with Crippen molar-refractivity contribution in [2.24, 2.45) is 0 Å². The summed E-state index contributed by atoms with van der Waals surface area (Å²) in [7, 11) is 0. The van der Waals surface area contributed by atoms with Gasteiger partial charge in [0.25, 0.3) is 0 Å². The molecule has 2 fully saturated rings. The highest BCUT2D eigenvalue weighted by Gasteiger charge is 2.30. The number of thioether (sulfide) groups is 1. The molecule has 0 spiro atoms. The van der Waals surface area contributed by atoms with Crippen molar-refractivity contribution >= 4 is 17.8 Å². The van der Waals surface area contributed by atoms with Crippen LogP contribution in [0.5, 0.6) is 0 Å². The summed E-state index contributed by atoms with van der Waals surface area (Å²) < 4.78 is 0. The van der Waals surface area contributed by atoms with Crippen molar-refractivity contribution < 1.29 is 9.90 Å². The fourth-order valence-corrected chi connectivity index (χ4v) is 4.48. The standard InChI is InChI=1S/C18H26N2O2S/c1-13-2-4-14(5-3-13)17-12-23-11-10-20(17)18(22)19-15-6-8-16(21)9-7-15/h2-5,15-17,21H,6-12H2,1H3,(H,19,22). The number of aliphatic hydroxyl groups is 1. The molecule has 2 amide bonds. The van der Waals surface area contributed by atoms with Gasteiger partial charge in [0, 0.05) is 24.1 Å². The minimum atomic E-state index is -0.185. The van der Waals surface area contributed by atoms with Gasteiger partial charge in [0.15, 0.2) is 0 Å². The smallest absolute Gasteiger partial charge is 0.318 e. The van der Waals surface area contributed by atoms with Crippen molar-refractivity contribution in [3.05, 3.63) is 35.4 Å². The molecule has 1 aliphatic heterocycles. The van der Waals surface area contributed by atoms with Gasteiger partial charge in [0.1, 0.15) is 0 Å². The lowest BCUT2D eigenvalue weighted by molar-refractivity contribution is 0.114. The van der Waals surface area contributed by atoms with Crippen molar-refractivity contribution in [3.8, 4) is 0 Å². The van der Waals surface area contributed by atoms with E-state index in [2.05, 4.69) is 36.5 Å². The molecule has 1 saturated heterocycles. The number of urea groups is 1. The molecule has 5 heteroatoms. The Kier molecular flexibility index (Phi) is 5.49. The van der Waals surface area contributed by atoms with E-state index < -0.39 is 0 Å². The Labute approximate surface area is 142 Å². The SMILES string of the molecule is Cc1ccc(C2CSCCN2C(=O)NC2CCC(O)CC2)cc1. The van der Waals surface area contributed by atoms with Gasteiger partial charge < -0.3 is 15.3 Å². The molecule has 1 aromatic carbocycles. The van der Waals surface area contributed by atoms with Gasteiger partial charge in [-0.2, -0.15) is 11.8 Å². The lowest BCUT2D eigenvalue weighted by atomic mass is 9.93. The van der Waals surface area contributed by atoms with E-state index in [1.54, 1.807) is 0 Å². The second-order valence-electron chi connectivity index (χ2n) is 6.65. The van der Waals surface area contributed by atoms with Crippen molar-refractivity contribution in [2.75, 3.05) is 18.1 Å². The molecule has 2 N–H and O–H groups in total. The topological polar surface area (TPSA) is 52.6 Å². The lowest BCUT2D eigenvalue weighted by Crippen LogP contribution is -2.50. The minimum Gasteiger partial charge on any atom is -0.393 e. The van der Waals surface area contributed by atoms with Crippen LogP contribution < -0.4 is 5.32 Å². The van der Waals surface area contributed by atoms with E-state index in [4.69, 9.17) is 0 Å². The zero-order valence-electron chi connectivity index (χ0n) is 13.7. The summed E-state index contributed by atoms with van der Waals surface area (Å²) in [6.45, 7) is 2.88. The molecule has 4 nitrogen and oxygen atoms in total. The number of rotatable bonds is 2. The van der Waals surface area contributed by atoms with E-state index in [9.17, 15) is 9.90 Å². The molecule has 2 aliphatic rings. The molecular formula is C18H26N2O2S. The first kappa shape index (κ1) is 16.7. The van der Waals surface area contributed by atoms with Gasteiger partial charge >= 0.3 is 6.03 Å². The van der Waals surface area contributed by atoms with Crippen LogP contribution in [-0.2, 0) is 0 Å². The van der Waals surface area contributed by atoms with Crippen LogP contribution in [0.25, 0.3) is 0 Å². The molecule has 1 aromatic rings. The largest absolute Gasteiger partial charge is 0.393 e. The third-order valence-corrected chi connectivity index (χ3v) is 5.90. The zero-order chi connectivity index (χ0) is 16.2. The summed E-state index contributed by atoms with van der Waals surface area (Å²) in [4.78, 5) is 14.7. The van der Waals surface area contributed by atoms with Gasteiger partial charge in [-0.1, -0.05) is 29.8 Å². The molecule has 1 saturated carbocycles. The summed E-state index contributed by atoms with van der Waals surface area (Å²) in [6.07, 6.45) is 3.16. The number of nitrogens with one attached hydrogen (secondary N) is 1. The molecule has 0 aromatic heterocycles. The number of aryl methyl sites for hydroxylation is 1. The summed E-state index contributed by atoms with van der Waals surface area (Å²) in [5, 5.41) is 12.8. The summed E-state index contributed by atoms with van der Waals surface area (Å²) in [6, 6.07) is 8.94. The van der Waals surface area contributed by atoms with Gasteiger partial charge in [0.05, 0.1) is 12.1 Å². The fourth-order valence-electron chi connectivity index (χ4n) is 3.39. The number of hydrogen-bond acceptors (Lipinski definition) is 3. The Bertz CT molecular complexity index is 526. The number of aliphatic hydroxyl groups excluding tert-OH is 1. The van der Waals surface area contributed by atoms with E-state index >= 15 is 0 Å². The minimum absolute atomic E-state index is 0.0530. The normalized spacial score (nSPS) is 28.4. The third-order valence-electron chi connectivity index (χ3n) is 4.88. The number of amides is 2. The first-order valence-electron chi connectivity index (χ1n) is 8.53. The Hall–Kier alpha value is -1.20. The molecule has 3 rings (SSSR count). The fraction of sp³-hybridized carbons (Fsp3) is 0.611. The van der Waals surface area contributed by atoms with E-state index in [1.807, 2.05) is 16.7 Å². The molecular weight excluding hydrogens is 308 g/mol. The van der Waals surface area contributed by atoms with Crippen LogP contribution in [0.15, 0.2) is 24.3 Å². The first-order valence-corrected chi connectivity index (χ1v) is 9.68. The van der Waals surface area contributed by atoms with Crippen molar-refractivity contribution in [1.29, 1.82) is 0 Å².